The van der Waals surface area contributed by atoms with Crippen molar-refractivity contribution in [3.8, 4) is 5.75 Å². The summed E-state index contributed by atoms with van der Waals surface area (Å²) >= 11 is 0. The number of para-hydroxylation sites is 1. The highest BCUT2D eigenvalue weighted by Gasteiger charge is 2.02. The van der Waals surface area contributed by atoms with Crippen LogP contribution in [0.15, 0.2) is 31.4 Å². The van der Waals surface area contributed by atoms with Gasteiger partial charge in [-0.2, -0.15) is 0 Å². The van der Waals surface area contributed by atoms with Gasteiger partial charge < -0.3 is 4.74 Å². The van der Waals surface area contributed by atoms with Crippen LogP contribution in [0.4, 0.5) is 0 Å². The quantitative estimate of drug-likeness (QED) is 0.658. The summed E-state index contributed by atoms with van der Waals surface area (Å²) in [5, 5.41) is 0. The molecule has 0 saturated heterocycles. The zero-order valence-corrected chi connectivity index (χ0v) is 7.13. The van der Waals surface area contributed by atoms with Crippen molar-refractivity contribution in [1.82, 2.24) is 0 Å². The molecule has 0 spiro atoms. The Morgan fingerprint density at radius 1 is 1.50 bits per heavy atom. The van der Waals surface area contributed by atoms with Gasteiger partial charge in [-0.1, -0.05) is 37.4 Å². The Bertz CT molecular complexity index is 274. The Hall–Kier alpha value is -1.50. The molecule has 0 aliphatic rings. The first-order valence-electron chi connectivity index (χ1n) is 3.66. The molecule has 0 fully saturated rings. The Labute approximate surface area is 73.0 Å². The van der Waals surface area contributed by atoms with Gasteiger partial charge in [-0.15, -0.1) is 0 Å². The first-order chi connectivity index (χ1) is 5.83. The van der Waals surface area contributed by atoms with Crippen LogP contribution in [-0.2, 0) is 0 Å². The maximum atomic E-state index is 5.18. The lowest BCUT2D eigenvalue weighted by Crippen LogP contribution is -1.90. The monoisotopic (exact) mass is 159 g/mol. The van der Waals surface area contributed by atoms with Gasteiger partial charge in [-0.3, -0.25) is 0 Å². The second-order valence-electron chi connectivity index (χ2n) is 2.31. The first-order valence-corrected chi connectivity index (χ1v) is 3.66. The van der Waals surface area contributed by atoms with E-state index in [1.165, 1.54) is 0 Å². The lowest BCUT2D eigenvalue weighted by atomic mass is 10.1. The van der Waals surface area contributed by atoms with Gasteiger partial charge in [0.2, 0.25) is 0 Å². The highest BCUT2D eigenvalue weighted by Crippen LogP contribution is 2.24. The average Bonchev–Trinajstić information content (AvgIpc) is 2.16. The van der Waals surface area contributed by atoms with Crippen molar-refractivity contribution in [3.63, 3.8) is 0 Å². The van der Waals surface area contributed by atoms with Crippen LogP contribution in [0.5, 0.6) is 5.75 Å². The van der Waals surface area contributed by atoms with Gasteiger partial charge in [0.1, 0.15) is 5.75 Å². The van der Waals surface area contributed by atoms with Crippen molar-refractivity contribution >= 4 is 6.08 Å². The molecule has 0 unspecified atom stereocenters. The minimum absolute atomic E-state index is 0.780. The normalized spacial score (nSPS) is 9.08. The summed E-state index contributed by atoms with van der Waals surface area (Å²) in [4.78, 5) is 0. The number of ether oxygens (including phenoxy) is 1. The maximum absolute atomic E-state index is 5.18. The average molecular weight is 159 g/mol. The van der Waals surface area contributed by atoms with Crippen molar-refractivity contribution in [2.75, 3.05) is 7.11 Å². The molecule has 61 valence electrons. The Balaban J connectivity index is 3.30. The SMILES string of the molecule is C=[C]c1cccc(C=C)c1OC. The molecule has 0 aromatic heterocycles. The van der Waals surface area contributed by atoms with E-state index in [1.807, 2.05) is 18.2 Å². The lowest BCUT2D eigenvalue weighted by Gasteiger charge is -2.07. The zero-order valence-electron chi connectivity index (χ0n) is 7.13. The number of methoxy groups -OCH3 is 1. The van der Waals surface area contributed by atoms with Gasteiger partial charge in [0.05, 0.1) is 7.11 Å². The van der Waals surface area contributed by atoms with E-state index in [4.69, 9.17) is 4.74 Å². The highest BCUT2D eigenvalue weighted by molar-refractivity contribution is 5.59. The van der Waals surface area contributed by atoms with E-state index in [0.29, 0.717) is 0 Å². The molecular formula is C11H11O. The fraction of sp³-hybridized carbons (Fsp3) is 0.0909. The van der Waals surface area contributed by atoms with E-state index in [2.05, 4.69) is 19.2 Å². The zero-order chi connectivity index (χ0) is 8.97. The Morgan fingerprint density at radius 2 is 2.25 bits per heavy atom. The predicted octanol–water partition coefficient (Wildman–Crippen LogP) is 2.68. The Morgan fingerprint density at radius 3 is 2.75 bits per heavy atom. The maximum Gasteiger partial charge on any atom is 0.133 e. The topological polar surface area (TPSA) is 9.23 Å². The summed E-state index contributed by atoms with van der Waals surface area (Å²) in [6.07, 6.45) is 4.55. The smallest absolute Gasteiger partial charge is 0.133 e. The van der Waals surface area contributed by atoms with Crippen LogP contribution < -0.4 is 4.74 Å². The van der Waals surface area contributed by atoms with Gasteiger partial charge in [-0.25, -0.2) is 0 Å². The van der Waals surface area contributed by atoms with Crippen LogP contribution >= 0.6 is 0 Å². The van der Waals surface area contributed by atoms with E-state index in [-0.39, 0.29) is 0 Å². The summed E-state index contributed by atoms with van der Waals surface area (Å²) in [5.74, 6) is 0.780. The van der Waals surface area contributed by atoms with Crippen LogP contribution in [-0.4, -0.2) is 7.11 Å². The van der Waals surface area contributed by atoms with E-state index in [9.17, 15) is 0 Å². The number of benzene rings is 1. The minimum Gasteiger partial charge on any atom is -0.495 e. The van der Waals surface area contributed by atoms with Gasteiger partial charge in [0, 0.05) is 11.1 Å². The second kappa shape index (κ2) is 3.77. The first kappa shape index (κ1) is 8.60. The van der Waals surface area contributed by atoms with Crippen LogP contribution in [0.1, 0.15) is 11.1 Å². The van der Waals surface area contributed by atoms with Gasteiger partial charge in [0.25, 0.3) is 0 Å². The molecule has 0 bridgehead atoms. The summed E-state index contributed by atoms with van der Waals surface area (Å²) in [7, 11) is 1.63. The van der Waals surface area contributed by atoms with Crippen molar-refractivity contribution in [3.05, 3.63) is 48.6 Å². The van der Waals surface area contributed by atoms with Gasteiger partial charge in [0.15, 0.2) is 0 Å². The molecule has 0 atom stereocenters. The molecule has 1 radical (unpaired) electrons. The number of hydrogen-bond acceptors (Lipinski definition) is 1. The standard InChI is InChI=1S/C11H11O/c1-4-9-7-6-8-10(5-2)11(9)12-3/h4,6-8H,1-2H2,3H3. The molecule has 1 heteroatoms. The molecular weight excluding hydrogens is 148 g/mol. The number of hydrogen-bond donors (Lipinski definition) is 0. The number of rotatable bonds is 3. The lowest BCUT2D eigenvalue weighted by molar-refractivity contribution is 0.412. The van der Waals surface area contributed by atoms with E-state index in [0.717, 1.165) is 16.9 Å². The molecule has 1 aromatic carbocycles. The van der Waals surface area contributed by atoms with Crippen LogP contribution in [0.2, 0.25) is 0 Å². The second-order valence-corrected chi connectivity index (χ2v) is 2.31. The fourth-order valence-electron chi connectivity index (χ4n) is 1.08. The fourth-order valence-corrected chi connectivity index (χ4v) is 1.08. The van der Waals surface area contributed by atoms with Gasteiger partial charge in [-0.05, 0) is 6.08 Å². The molecule has 1 rings (SSSR count). The Kier molecular flexibility index (Phi) is 2.70. The molecule has 12 heavy (non-hydrogen) atoms. The molecule has 1 nitrogen and oxygen atoms in total. The predicted molar refractivity (Wildman–Crippen MR) is 51.1 cm³/mol. The third kappa shape index (κ3) is 1.40. The summed E-state index contributed by atoms with van der Waals surface area (Å²) in [6, 6.07) is 5.76. The molecule has 0 N–H and O–H groups in total. The molecule has 0 amide bonds. The van der Waals surface area contributed by atoms with Crippen LogP contribution in [0.3, 0.4) is 0 Å². The third-order valence-electron chi connectivity index (χ3n) is 1.66. The summed E-state index contributed by atoms with van der Waals surface area (Å²) in [6.45, 7) is 7.26. The molecule has 1 aromatic rings. The van der Waals surface area contributed by atoms with Crippen molar-refractivity contribution in [1.29, 1.82) is 0 Å². The van der Waals surface area contributed by atoms with Crippen molar-refractivity contribution in [2.24, 2.45) is 0 Å². The largest absolute Gasteiger partial charge is 0.495 e. The molecule has 0 saturated carbocycles. The third-order valence-corrected chi connectivity index (χ3v) is 1.66. The van der Waals surface area contributed by atoms with E-state index < -0.39 is 0 Å². The molecule has 0 heterocycles. The minimum atomic E-state index is 0.780. The summed E-state index contributed by atoms with van der Waals surface area (Å²) < 4.78 is 5.18. The van der Waals surface area contributed by atoms with E-state index in [1.54, 1.807) is 13.2 Å². The van der Waals surface area contributed by atoms with E-state index >= 15 is 0 Å². The highest BCUT2D eigenvalue weighted by atomic mass is 16.5. The molecule has 0 aliphatic heterocycles. The summed E-state index contributed by atoms with van der Waals surface area (Å²) in [5.41, 5.74) is 1.83. The molecule has 0 aliphatic carbocycles. The van der Waals surface area contributed by atoms with Gasteiger partial charge >= 0.3 is 0 Å². The van der Waals surface area contributed by atoms with Crippen molar-refractivity contribution < 1.29 is 4.74 Å². The van der Waals surface area contributed by atoms with Crippen LogP contribution in [0.25, 0.3) is 6.08 Å². The van der Waals surface area contributed by atoms with Crippen LogP contribution in [0, 0.1) is 6.08 Å². The van der Waals surface area contributed by atoms with Crippen molar-refractivity contribution in [2.45, 2.75) is 0 Å².